The van der Waals surface area contributed by atoms with Crippen molar-refractivity contribution in [1.82, 2.24) is 9.97 Å². The SMILES string of the molecule is CCNc1cc(NC2CCCCCCC2)nc(C2CC2)n1. The Labute approximate surface area is 128 Å². The lowest BCUT2D eigenvalue weighted by atomic mass is 9.97. The molecule has 0 bridgehead atoms. The smallest absolute Gasteiger partial charge is 0.136 e. The van der Waals surface area contributed by atoms with Crippen molar-refractivity contribution in [2.24, 2.45) is 0 Å². The number of aromatic nitrogens is 2. The molecule has 0 aromatic carbocycles. The fraction of sp³-hybridized carbons (Fsp3) is 0.765. The molecule has 21 heavy (non-hydrogen) atoms. The van der Waals surface area contributed by atoms with Gasteiger partial charge in [-0.1, -0.05) is 32.1 Å². The van der Waals surface area contributed by atoms with Gasteiger partial charge in [0.2, 0.25) is 0 Å². The molecular weight excluding hydrogens is 260 g/mol. The van der Waals surface area contributed by atoms with E-state index in [-0.39, 0.29) is 0 Å². The maximum Gasteiger partial charge on any atom is 0.136 e. The monoisotopic (exact) mass is 288 g/mol. The number of hydrogen-bond acceptors (Lipinski definition) is 4. The number of hydrogen-bond donors (Lipinski definition) is 2. The van der Waals surface area contributed by atoms with Crippen molar-refractivity contribution >= 4 is 11.6 Å². The van der Waals surface area contributed by atoms with Crippen molar-refractivity contribution in [3.8, 4) is 0 Å². The third-order valence-electron chi connectivity index (χ3n) is 4.50. The van der Waals surface area contributed by atoms with Gasteiger partial charge in [-0.3, -0.25) is 0 Å². The first kappa shape index (κ1) is 14.6. The van der Waals surface area contributed by atoms with Gasteiger partial charge >= 0.3 is 0 Å². The lowest BCUT2D eigenvalue weighted by Crippen LogP contribution is -2.22. The van der Waals surface area contributed by atoms with Gasteiger partial charge in [0.25, 0.3) is 0 Å². The van der Waals surface area contributed by atoms with Crippen molar-refractivity contribution in [2.75, 3.05) is 17.2 Å². The Bertz CT molecular complexity index is 448. The predicted molar refractivity (Wildman–Crippen MR) is 87.9 cm³/mol. The minimum absolute atomic E-state index is 0.585. The summed E-state index contributed by atoms with van der Waals surface area (Å²) in [6.45, 7) is 3.02. The molecule has 0 radical (unpaired) electrons. The van der Waals surface area contributed by atoms with Crippen molar-refractivity contribution in [3.05, 3.63) is 11.9 Å². The molecule has 0 amide bonds. The average Bonchev–Trinajstić information content (AvgIpc) is 3.26. The average molecular weight is 288 g/mol. The third-order valence-corrected chi connectivity index (χ3v) is 4.50. The molecule has 2 fully saturated rings. The Morgan fingerprint density at radius 2 is 1.62 bits per heavy atom. The van der Waals surface area contributed by atoms with E-state index >= 15 is 0 Å². The standard InChI is InChI=1S/C17H28N4/c1-2-18-15-12-16(21-17(20-15)13-10-11-13)19-14-8-6-4-3-5-7-9-14/h12-14H,2-11H2,1H3,(H2,18,19,20,21). The van der Waals surface area contributed by atoms with Crippen LogP contribution < -0.4 is 10.6 Å². The molecule has 4 nitrogen and oxygen atoms in total. The number of nitrogens with one attached hydrogen (secondary N) is 2. The fourth-order valence-corrected chi connectivity index (χ4v) is 3.15. The Morgan fingerprint density at radius 3 is 2.29 bits per heavy atom. The molecule has 4 heteroatoms. The molecule has 1 aromatic heterocycles. The molecule has 2 aliphatic rings. The Kier molecular flexibility index (Phi) is 4.94. The van der Waals surface area contributed by atoms with Gasteiger partial charge in [-0.25, -0.2) is 9.97 Å². The molecule has 1 heterocycles. The van der Waals surface area contributed by atoms with Crippen LogP contribution in [-0.4, -0.2) is 22.6 Å². The summed E-state index contributed by atoms with van der Waals surface area (Å²) in [6.07, 6.45) is 11.9. The highest BCUT2D eigenvalue weighted by atomic mass is 15.1. The zero-order valence-electron chi connectivity index (χ0n) is 13.2. The number of nitrogens with zero attached hydrogens (tertiary/aromatic N) is 2. The third kappa shape index (κ3) is 4.32. The van der Waals surface area contributed by atoms with Gasteiger partial charge in [0.1, 0.15) is 17.5 Å². The summed E-state index contributed by atoms with van der Waals surface area (Å²) in [6, 6.07) is 2.66. The van der Waals surface area contributed by atoms with Crippen LogP contribution in [0.2, 0.25) is 0 Å². The van der Waals surface area contributed by atoms with Gasteiger partial charge in [0.15, 0.2) is 0 Å². The molecule has 0 atom stereocenters. The molecule has 2 saturated carbocycles. The summed E-state index contributed by atoms with van der Waals surface area (Å²) >= 11 is 0. The number of anilines is 2. The van der Waals surface area contributed by atoms with E-state index in [1.807, 2.05) is 0 Å². The molecule has 0 aliphatic heterocycles. The van der Waals surface area contributed by atoms with E-state index in [2.05, 4.69) is 28.6 Å². The zero-order valence-corrected chi connectivity index (χ0v) is 13.2. The van der Waals surface area contributed by atoms with Crippen molar-refractivity contribution in [3.63, 3.8) is 0 Å². The van der Waals surface area contributed by atoms with Crippen molar-refractivity contribution in [2.45, 2.75) is 76.7 Å². The minimum atomic E-state index is 0.585. The van der Waals surface area contributed by atoms with Crippen LogP contribution in [0.1, 0.15) is 76.5 Å². The van der Waals surface area contributed by atoms with Crippen molar-refractivity contribution < 1.29 is 0 Å². The summed E-state index contributed by atoms with van der Waals surface area (Å²) < 4.78 is 0. The van der Waals surface area contributed by atoms with E-state index in [1.165, 1.54) is 57.8 Å². The van der Waals surface area contributed by atoms with Crippen LogP contribution in [0, 0.1) is 0 Å². The first-order valence-corrected chi connectivity index (χ1v) is 8.74. The van der Waals surface area contributed by atoms with Gasteiger partial charge < -0.3 is 10.6 Å². The quantitative estimate of drug-likeness (QED) is 0.847. The molecular formula is C17H28N4. The van der Waals surface area contributed by atoms with Crippen LogP contribution in [0.4, 0.5) is 11.6 Å². The fourth-order valence-electron chi connectivity index (χ4n) is 3.15. The zero-order chi connectivity index (χ0) is 14.5. The molecule has 0 saturated heterocycles. The Morgan fingerprint density at radius 1 is 0.952 bits per heavy atom. The predicted octanol–water partition coefficient (Wildman–Crippen LogP) is 4.31. The van der Waals surface area contributed by atoms with Gasteiger partial charge in [-0.05, 0) is 32.6 Å². The summed E-state index contributed by atoms with van der Waals surface area (Å²) in [5, 5.41) is 7.02. The molecule has 1 aromatic rings. The summed E-state index contributed by atoms with van der Waals surface area (Å²) in [7, 11) is 0. The molecule has 0 unspecified atom stereocenters. The molecule has 2 aliphatic carbocycles. The van der Waals surface area contributed by atoms with Gasteiger partial charge in [0, 0.05) is 24.6 Å². The minimum Gasteiger partial charge on any atom is -0.370 e. The lowest BCUT2D eigenvalue weighted by Gasteiger charge is -2.22. The Hall–Kier alpha value is -1.32. The lowest BCUT2D eigenvalue weighted by molar-refractivity contribution is 0.470. The normalized spacial score (nSPS) is 20.6. The van der Waals surface area contributed by atoms with Crippen LogP contribution >= 0.6 is 0 Å². The molecule has 0 spiro atoms. The van der Waals surface area contributed by atoms with E-state index in [0.29, 0.717) is 12.0 Å². The highest BCUT2D eigenvalue weighted by molar-refractivity contribution is 5.48. The van der Waals surface area contributed by atoms with E-state index in [0.717, 1.165) is 24.0 Å². The Balaban J connectivity index is 1.70. The van der Waals surface area contributed by atoms with Crippen LogP contribution in [0.5, 0.6) is 0 Å². The maximum absolute atomic E-state index is 4.76. The first-order valence-electron chi connectivity index (χ1n) is 8.74. The van der Waals surface area contributed by atoms with E-state index in [1.54, 1.807) is 0 Å². The van der Waals surface area contributed by atoms with E-state index in [4.69, 9.17) is 4.98 Å². The first-order chi connectivity index (χ1) is 10.3. The highest BCUT2D eigenvalue weighted by Crippen LogP contribution is 2.39. The summed E-state index contributed by atoms with van der Waals surface area (Å²) in [5.41, 5.74) is 0. The van der Waals surface area contributed by atoms with Crippen LogP contribution in [0.3, 0.4) is 0 Å². The summed E-state index contributed by atoms with van der Waals surface area (Å²) in [5.74, 6) is 3.62. The van der Waals surface area contributed by atoms with E-state index in [9.17, 15) is 0 Å². The second kappa shape index (κ2) is 7.10. The second-order valence-electron chi connectivity index (χ2n) is 6.49. The summed E-state index contributed by atoms with van der Waals surface area (Å²) in [4.78, 5) is 9.41. The van der Waals surface area contributed by atoms with Gasteiger partial charge in [-0.2, -0.15) is 0 Å². The highest BCUT2D eigenvalue weighted by Gasteiger charge is 2.27. The maximum atomic E-state index is 4.76. The molecule has 116 valence electrons. The van der Waals surface area contributed by atoms with Crippen molar-refractivity contribution in [1.29, 1.82) is 0 Å². The van der Waals surface area contributed by atoms with Crippen LogP contribution in [0.15, 0.2) is 6.07 Å². The second-order valence-corrected chi connectivity index (χ2v) is 6.49. The van der Waals surface area contributed by atoms with E-state index < -0.39 is 0 Å². The van der Waals surface area contributed by atoms with Gasteiger partial charge in [-0.15, -0.1) is 0 Å². The van der Waals surface area contributed by atoms with Crippen LogP contribution in [0.25, 0.3) is 0 Å². The molecule has 2 N–H and O–H groups in total. The topological polar surface area (TPSA) is 49.8 Å². The van der Waals surface area contributed by atoms with Gasteiger partial charge in [0.05, 0.1) is 0 Å². The largest absolute Gasteiger partial charge is 0.370 e. The molecule has 3 rings (SSSR count). The van der Waals surface area contributed by atoms with Crippen LogP contribution in [-0.2, 0) is 0 Å². The number of rotatable bonds is 5.